The Morgan fingerprint density at radius 3 is 2.40 bits per heavy atom. The molecule has 3 heteroatoms. The van der Waals surface area contributed by atoms with E-state index in [0.29, 0.717) is 6.42 Å². The van der Waals surface area contributed by atoms with Crippen molar-refractivity contribution in [3.8, 4) is 0 Å². The van der Waals surface area contributed by atoms with Crippen molar-refractivity contribution in [2.45, 2.75) is 25.9 Å². The lowest BCUT2D eigenvalue weighted by molar-refractivity contribution is 0.0510. The van der Waals surface area contributed by atoms with Gasteiger partial charge in [0.05, 0.1) is 0 Å². The minimum atomic E-state index is -1.24. The van der Waals surface area contributed by atoms with Gasteiger partial charge in [0.25, 0.3) is 0 Å². The van der Waals surface area contributed by atoms with Crippen LogP contribution in [0.5, 0.6) is 0 Å². The molecule has 2 rings (SSSR count). The van der Waals surface area contributed by atoms with Gasteiger partial charge in [-0.1, -0.05) is 61.5 Å². The maximum atomic E-state index is 11.0. The Labute approximate surface area is 118 Å². The van der Waals surface area contributed by atoms with Crippen molar-refractivity contribution in [3.05, 3.63) is 71.3 Å². The van der Waals surface area contributed by atoms with E-state index in [0.717, 1.165) is 23.1 Å². The van der Waals surface area contributed by atoms with Gasteiger partial charge in [0.2, 0.25) is 0 Å². The van der Waals surface area contributed by atoms with E-state index in [1.807, 2.05) is 54.6 Å². The van der Waals surface area contributed by atoms with Gasteiger partial charge in [-0.3, -0.25) is 0 Å². The molecule has 0 aliphatic carbocycles. The Morgan fingerprint density at radius 1 is 1.10 bits per heavy atom. The third-order valence-corrected chi connectivity index (χ3v) is 3.29. The molecule has 1 N–H and O–H groups in total. The maximum Gasteiger partial charge on any atom is 0.506 e. The first-order chi connectivity index (χ1) is 9.70. The normalized spacial score (nSPS) is 11.8. The Bertz CT molecular complexity index is 563. The zero-order valence-electron chi connectivity index (χ0n) is 11.5. The number of hydrogen-bond donors (Lipinski definition) is 1. The average molecular weight is 270 g/mol. The Morgan fingerprint density at radius 2 is 1.75 bits per heavy atom. The van der Waals surface area contributed by atoms with E-state index in [2.05, 4.69) is 6.92 Å². The molecule has 3 nitrogen and oxygen atoms in total. The second-order valence-corrected chi connectivity index (χ2v) is 4.61. The van der Waals surface area contributed by atoms with Gasteiger partial charge in [0.15, 0.2) is 0 Å². The van der Waals surface area contributed by atoms with Crippen LogP contribution < -0.4 is 0 Å². The zero-order chi connectivity index (χ0) is 14.4. The van der Waals surface area contributed by atoms with Gasteiger partial charge >= 0.3 is 6.16 Å². The smallest absolute Gasteiger partial charge is 0.450 e. The SMILES string of the molecule is CCc1ccccc1C(Cc1ccccc1)OC(=O)O. The van der Waals surface area contributed by atoms with Crippen LogP contribution in [-0.2, 0) is 17.6 Å². The quantitative estimate of drug-likeness (QED) is 0.827. The molecule has 0 spiro atoms. The first kappa shape index (κ1) is 14.1. The van der Waals surface area contributed by atoms with Crippen molar-refractivity contribution in [1.29, 1.82) is 0 Å². The van der Waals surface area contributed by atoms with Crippen LogP contribution in [0.25, 0.3) is 0 Å². The number of hydrogen-bond acceptors (Lipinski definition) is 2. The van der Waals surface area contributed by atoms with Crippen LogP contribution in [0.4, 0.5) is 4.79 Å². The molecule has 1 unspecified atom stereocenters. The minimum absolute atomic E-state index is 0.467. The first-order valence-electron chi connectivity index (χ1n) is 6.72. The summed E-state index contributed by atoms with van der Waals surface area (Å²) in [7, 11) is 0. The fourth-order valence-electron chi connectivity index (χ4n) is 2.34. The lowest BCUT2D eigenvalue weighted by Crippen LogP contribution is -2.13. The Balaban J connectivity index is 2.29. The molecule has 0 saturated heterocycles. The van der Waals surface area contributed by atoms with E-state index in [1.54, 1.807) is 0 Å². The molecule has 0 bridgehead atoms. The summed E-state index contributed by atoms with van der Waals surface area (Å²) in [5.74, 6) is 0. The monoisotopic (exact) mass is 270 g/mol. The molecule has 0 saturated carbocycles. The van der Waals surface area contributed by atoms with Crippen molar-refractivity contribution < 1.29 is 14.6 Å². The van der Waals surface area contributed by atoms with Crippen molar-refractivity contribution in [3.63, 3.8) is 0 Å². The predicted octanol–water partition coefficient (Wildman–Crippen LogP) is 4.23. The molecule has 104 valence electrons. The highest BCUT2D eigenvalue weighted by molar-refractivity contribution is 5.57. The highest BCUT2D eigenvalue weighted by atomic mass is 16.7. The van der Waals surface area contributed by atoms with Gasteiger partial charge in [-0.2, -0.15) is 0 Å². The summed E-state index contributed by atoms with van der Waals surface area (Å²) in [5, 5.41) is 8.96. The largest absolute Gasteiger partial charge is 0.506 e. The van der Waals surface area contributed by atoms with Gasteiger partial charge in [-0.05, 0) is 23.1 Å². The van der Waals surface area contributed by atoms with Gasteiger partial charge in [0.1, 0.15) is 6.10 Å². The van der Waals surface area contributed by atoms with Crippen molar-refractivity contribution in [1.82, 2.24) is 0 Å². The van der Waals surface area contributed by atoms with Crippen LogP contribution in [0.15, 0.2) is 54.6 Å². The zero-order valence-corrected chi connectivity index (χ0v) is 11.5. The van der Waals surface area contributed by atoms with Gasteiger partial charge < -0.3 is 9.84 Å². The van der Waals surface area contributed by atoms with Crippen molar-refractivity contribution in [2.24, 2.45) is 0 Å². The third-order valence-electron chi connectivity index (χ3n) is 3.29. The Hall–Kier alpha value is -2.29. The van der Waals surface area contributed by atoms with Gasteiger partial charge in [0, 0.05) is 6.42 Å². The molecule has 0 radical (unpaired) electrons. The highest BCUT2D eigenvalue weighted by Gasteiger charge is 2.19. The van der Waals surface area contributed by atoms with Gasteiger partial charge in [-0.15, -0.1) is 0 Å². The average Bonchev–Trinajstić information content (AvgIpc) is 2.47. The molecule has 0 amide bonds. The van der Waals surface area contributed by atoms with Crippen LogP contribution in [0.2, 0.25) is 0 Å². The molecule has 0 aromatic heterocycles. The molecule has 0 aliphatic heterocycles. The highest BCUT2D eigenvalue weighted by Crippen LogP contribution is 2.26. The summed E-state index contributed by atoms with van der Waals surface area (Å²) in [6, 6.07) is 17.6. The number of aryl methyl sites for hydroxylation is 1. The predicted molar refractivity (Wildman–Crippen MR) is 77.8 cm³/mol. The van der Waals surface area contributed by atoms with Crippen LogP contribution in [0, 0.1) is 0 Å². The summed E-state index contributed by atoms with van der Waals surface area (Å²) < 4.78 is 5.10. The van der Waals surface area contributed by atoms with Crippen LogP contribution in [-0.4, -0.2) is 11.3 Å². The first-order valence-corrected chi connectivity index (χ1v) is 6.72. The topological polar surface area (TPSA) is 46.5 Å². The molecule has 1 atom stereocenters. The van der Waals surface area contributed by atoms with E-state index in [9.17, 15) is 4.79 Å². The number of carboxylic acid groups (broad SMARTS) is 1. The summed E-state index contributed by atoms with van der Waals surface area (Å²) in [6.45, 7) is 2.05. The van der Waals surface area contributed by atoms with E-state index in [1.165, 1.54) is 0 Å². The molecule has 0 aliphatic rings. The molecule has 20 heavy (non-hydrogen) atoms. The third kappa shape index (κ3) is 3.60. The number of rotatable bonds is 5. The molecule has 0 heterocycles. The number of ether oxygens (including phenoxy) is 1. The summed E-state index contributed by atoms with van der Waals surface area (Å²) in [6.07, 6.45) is -0.308. The fraction of sp³-hybridized carbons (Fsp3) is 0.235. The molecule has 2 aromatic carbocycles. The molecule has 2 aromatic rings. The number of carbonyl (C=O) groups is 1. The standard InChI is InChI=1S/C17H18O3/c1-2-14-10-6-7-11-15(14)16(20-17(18)19)12-13-8-4-3-5-9-13/h3-11,16H,2,12H2,1H3,(H,18,19). The maximum absolute atomic E-state index is 11.0. The van der Waals surface area contributed by atoms with Crippen LogP contribution >= 0.6 is 0 Å². The molecular formula is C17H18O3. The van der Waals surface area contributed by atoms with Crippen molar-refractivity contribution in [2.75, 3.05) is 0 Å². The van der Waals surface area contributed by atoms with E-state index < -0.39 is 12.3 Å². The lowest BCUT2D eigenvalue weighted by atomic mass is 9.96. The summed E-state index contributed by atoms with van der Waals surface area (Å²) >= 11 is 0. The number of benzene rings is 2. The van der Waals surface area contributed by atoms with Crippen molar-refractivity contribution >= 4 is 6.16 Å². The summed E-state index contributed by atoms with van der Waals surface area (Å²) in [5.41, 5.74) is 3.13. The molecular weight excluding hydrogens is 252 g/mol. The second-order valence-electron chi connectivity index (χ2n) is 4.61. The Kier molecular flexibility index (Phi) is 4.77. The minimum Gasteiger partial charge on any atom is -0.450 e. The lowest BCUT2D eigenvalue weighted by Gasteiger charge is -2.19. The van der Waals surface area contributed by atoms with Crippen LogP contribution in [0.1, 0.15) is 29.7 Å². The van der Waals surface area contributed by atoms with Crippen LogP contribution in [0.3, 0.4) is 0 Å². The molecule has 0 fully saturated rings. The van der Waals surface area contributed by atoms with E-state index >= 15 is 0 Å². The summed E-state index contributed by atoms with van der Waals surface area (Å²) in [4.78, 5) is 11.0. The van der Waals surface area contributed by atoms with E-state index in [-0.39, 0.29) is 0 Å². The van der Waals surface area contributed by atoms with E-state index in [4.69, 9.17) is 9.84 Å². The fourth-order valence-corrected chi connectivity index (χ4v) is 2.34. The second kappa shape index (κ2) is 6.75. The van der Waals surface area contributed by atoms with Gasteiger partial charge in [-0.25, -0.2) is 4.79 Å².